The lowest BCUT2D eigenvalue weighted by atomic mass is 9.96. The molecule has 4 rings (SSSR count). The minimum Gasteiger partial charge on any atom is -0.353 e. The molecule has 0 bridgehead atoms. The van der Waals surface area contributed by atoms with E-state index in [1.165, 1.54) is 31.2 Å². The maximum absolute atomic E-state index is 4.47. The number of nitrogens with zero attached hydrogens (tertiary/aromatic N) is 3. The zero-order chi connectivity index (χ0) is 12.2. The molecule has 2 aromatic heterocycles. The Morgan fingerprint density at radius 3 is 3.11 bits per heavy atom. The highest BCUT2D eigenvalue weighted by atomic mass is 15.3. The lowest BCUT2D eigenvalue weighted by Gasteiger charge is -2.31. The molecule has 5 nitrogen and oxygen atoms in total. The Kier molecular flexibility index (Phi) is 2.03. The standard InChI is InChI=1S/C13H19N5/c1-17-7-2-4-13(17)5-8-18(9-13)12-10-3-6-14-11(10)15-16-12/h3,6H,2,4-5,7-9H2,1H3,(H2,14,15,16). The average Bonchev–Trinajstić information content (AvgIpc) is 3.07. The molecule has 2 N–H and O–H groups in total. The van der Waals surface area contributed by atoms with E-state index in [0.717, 1.165) is 24.6 Å². The molecule has 2 aromatic rings. The number of aromatic amines is 2. The van der Waals surface area contributed by atoms with Crippen LogP contribution in [-0.4, -0.2) is 52.3 Å². The highest BCUT2D eigenvalue weighted by Crippen LogP contribution is 2.39. The van der Waals surface area contributed by atoms with E-state index >= 15 is 0 Å². The second-order valence-corrected chi connectivity index (χ2v) is 5.73. The van der Waals surface area contributed by atoms with Crippen molar-refractivity contribution in [2.75, 3.05) is 31.6 Å². The minimum atomic E-state index is 0.404. The van der Waals surface area contributed by atoms with Gasteiger partial charge in [-0.1, -0.05) is 0 Å². The molecule has 2 aliphatic rings. The predicted octanol–water partition coefficient (Wildman–Crippen LogP) is 1.57. The van der Waals surface area contributed by atoms with Crippen LogP contribution in [0.25, 0.3) is 11.0 Å². The lowest BCUT2D eigenvalue weighted by molar-refractivity contribution is 0.198. The molecule has 1 spiro atoms. The van der Waals surface area contributed by atoms with E-state index in [2.05, 4.69) is 38.1 Å². The van der Waals surface area contributed by atoms with Gasteiger partial charge in [-0.2, -0.15) is 5.10 Å². The fourth-order valence-electron chi connectivity index (χ4n) is 3.68. The summed E-state index contributed by atoms with van der Waals surface area (Å²) < 4.78 is 0. The van der Waals surface area contributed by atoms with Crippen molar-refractivity contribution in [3.8, 4) is 0 Å². The van der Waals surface area contributed by atoms with Gasteiger partial charge in [-0.05, 0) is 38.9 Å². The molecule has 0 amide bonds. The van der Waals surface area contributed by atoms with E-state index in [9.17, 15) is 0 Å². The minimum absolute atomic E-state index is 0.404. The molecule has 0 aliphatic carbocycles. The summed E-state index contributed by atoms with van der Waals surface area (Å²) in [5, 5.41) is 8.76. The molecule has 18 heavy (non-hydrogen) atoms. The number of H-pyrrole nitrogens is 2. The number of likely N-dealkylation sites (N-methyl/N-ethyl adjacent to an activating group) is 1. The summed E-state index contributed by atoms with van der Waals surface area (Å²) in [6.45, 7) is 3.48. The fourth-order valence-corrected chi connectivity index (χ4v) is 3.68. The van der Waals surface area contributed by atoms with Crippen molar-refractivity contribution in [3.63, 3.8) is 0 Å². The number of hydrogen-bond acceptors (Lipinski definition) is 3. The monoisotopic (exact) mass is 245 g/mol. The summed E-state index contributed by atoms with van der Waals surface area (Å²) in [5.74, 6) is 1.11. The third-order valence-corrected chi connectivity index (χ3v) is 4.84. The first-order valence-electron chi connectivity index (χ1n) is 6.76. The number of aromatic nitrogens is 3. The van der Waals surface area contributed by atoms with Crippen molar-refractivity contribution in [1.82, 2.24) is 20.1 Å². The van der Waals surface area contributed by atoms with E-state index in [1.807, 2.05) is 6.20 Å². The zero-order valence-electron chi connectivity index (χ0n) is 10.7. The molecule has 5 heteroatoms. The number of fused-ring (bicyclic) bond motifs is 1. The average molecular weight is 245 g/mol. The van der Waals surface area contributed by atoms with Crippen molar-refractivity contribution in [2.45, 2.75) is 24.8 Å². The summed E-state index contributed by atoms with van der Waals surface area (Å²) in [5.41, 5.74) is 1.44. The molecule has 0 saturated carbocycles. The second kappa shape index (κ2) is 3.51. The molecule has 96 valence electrons. The van der Waals surface area contributed by atoms with Crippen molar-refractivity contribution in [1.29, 1.82) is 0 Å². The van der Waals surface area contributed by atoms with Crippen LogP contribution in [0, 0.1) is 0 Å². The van der Waals surface area contributed by atoms with Crippen molar-refractivity contribution in [3.05, 3.63) is 12.3 Å². The lowest BCUT2D eigenvalue weighted by Crippen LogP contribution is -2.43. The van der Waals surface area contributed by atoms with Crippen molar-refractivity contribution < 1.29 is 0 Å². The Bertz CT molecular complexity index is 571. The molecule has 0 radical (unpaired) electrons. The van der Waals surface area contributed by atoms with Crippen LogP contribution in [-0.2, 0) is 0 Å². The van der Waals surface area contributed by atoms with Gasteiger partial charge in [-0.15, -0.1) is 0 Å². The maximum atomic E-state index is 4.47. The Morgan fingerprint density at radius 2 is 2.28 bits per heavy atom. The Labute approximate surface area is 106 Å². The number of anilines is 1. The van der Waals surface area contributed by atoms with Crippen LogP contribution in [0.1, 0.15) is 19.3 Å². The van der Waals surface area contributed by atoms with E-state index < -0.39 is 0 Å². The Balaban J connectivity index is 1.66. The van der Waals surface area contributed by atoms with Gasteiger partial charge in [0.05, 0.1) is 5.39 Å². The summed E-state index contributed by atoms with van der Waals surface area (Å²) in [7, 11) is 2.27. The molecule has 1 unspecified atom stereocenters. The number of nitrogens with one attached hydrogen (secondary N) is 2. The van der Waals surface area contributed by atoms with Gasteiger partial charge >= 0.3 is 0 Å². The quantitative estimate of drug-likeness (QED) is 0.801. The van der Waals surface area contributed by atoms with E-state index in [0.29, 0.717) is 5.54 Å². The SMILES string of the molecule is CN1CCCC12CCN(c1n[nH]c3[nH]ccc13)C2. The topological polar surface area (TPSA) is 50.9 Å². The van der Waals surface area contributed by atoms with Gasteiger partial charge in [0.25, 0.3) is 0 Å². The molecule has 0 aromatic carbocycles. The largest absolute Gasteiger partial charge is 0.353 e. The fraction of sp³-hybridized carbons (Fsp3) is 0.615. The third kappa shape index (κ3) is 1.28. The molecule has 1 atom stereocenters. The third-order valence-electron chi connectivity index (χ3n) is 4.84. The van der Waals surface area contributed by atoms with Gasteiger partial charge < -0.3 is 9.88 Å². The number of hydrogen-bond donors (Lipinski definition) is 2. The molecule has 2 fully saturated rings. The van der Waals surface area contributed by atoms with Crippen LogP contribution in [0.5, 0.6) is 0 Å². The first-order valence-corrected chi connectivity index (χ1v) is 6.76. The highest BCUT2D eigenvalue weighted by molar-refractivity contribution is 5.88. The second-order valence-electron chi connectivity index (χ2n) is 5.73. The summed E-state index contributed by atoms with van der Waals surface area (Å²) >= 11 is 0. The maximum Gasteiger partial charge on any atom is 0.160 e. The van der Waals surface area contributed by atoms with Gasteiger partial charge in [-0.25, -0.2) is 0 Å². The van der Waals surface area contributed by atoms with Crippen LogP contribution in [0.15, 0.2) is 12.3 Å². The number of rotatable bonds is 1. The number of likely N-dealkylation sites (tertiary alicyclic amines) is 1. The van der Waals surface area contributed by atoms with Gasteiger partial charge in [-0.3, -0.25) is 10.00 Å². The normalized spacial score (nSPS) is 29.1. The predicted molar refractivity (Wildman–Crippen MR) is 71.9 cm³/mol. The highest BCUT2D eigenvalue weighted by Gasteiger charge is 2.44. The molecule has 2 saturated heterocycles. The van der Waals surface area contributed by atoms with Gasteiger partial charge in [0.1, 0.15) is 5.65 Å². The van der Waals surface area contributed by atoms with Crippen molar-refractivity contribution in [2.24, 2.45) is 0 Å². The van der Waals surface area contributed by atoms with Crippen molar-refractivity contribution >= 4 is 16.9 Å². The molecular weight excluding hydrogens is 226 g/mol. The molecule has 4 heterocycles. The van der Waals surface area contributed by atoms with Crippen LogP contribution >= 0.6 is 0 Å². The van der Waals surface area contributed by atoms with Crippen LogP contribution in [0.3, 0.4) is 0 Å². The molecule has 2 aliphatic heterocycles. The summed E-state index contributed by atoms with van der Waals surface area (Å²) in [6, 6.07) is 2.11. The summed E-state index contributed by atoms with van der Waals surface area (Å²) in [4.78, 5) is 8.17. The van der Waals surface area contributed by atoms with E-state index in [4.69, 9.17) is 0 Å². The van der Waals surface area contributed by atoms with Gasteiger partial charge in [0.2, 0.25) is 0 Å². The van der Waals surface area contributed by atoms with Gasteiger partial charge in [0, 0.05) is 24.8 Å². The smallest absolute Gasteiger partial charge is 0.160 e. The van der Waals surface area contributed by atoms with Crippen LogP contribution < -0.4 is 4.90 Å². The van der Waals surface area contributed by atoms with Gasteiger partial charge in [0.15, 0.2) is 5.82 Å². The first kappa shape index (κ1) is 10.4. The van der Waals surface area contributed by atoms with Crippen LogP contribution in [0.2, 0.25) is 0 Å². The van der Waals surface area contributed by atoms with E-state index in [-0.39, 0.29) is 0 Å². The summed E-state index contributed by atoms with van der Waals surface area (Å²) in [6.07, 6.45) is 5.91. The first-order chi connectivity index (χ1) is 8.78. The molecular formula is C13H19N5. The van der Waals surface area contributed by atoms with E-state index in [1.54, 1.807) is 0 Å². The Morgan fingerprint density at radius 1 is 1.33 bits per heavy atom. The van der Waals surface area contributed by atoms with Crippen LogP contribution in [0.4, 0.5) is 5.82 Å². The Hall–Kier alpha value is -1.49. The zero-order valence-corrected chi connectivity index (χ0v) is 10.7.